The van der Waals surface area contributed by atoms with E-state index in [1.807, 2.05) is 0 Å². The van der Waals surface area contributed by atoms with Crippen LogP contribution in [0.15, 0.2) is 42.5 Å². The van der Waals surface area contributed by atoms with E-state index in [4.69, 9.17) is 9.47 Å². The number of carbonyl (C=O) groups is 1. The van der Waals surface area contributed by atoms with Crippen LogP contribution in [-0.4, -0.2) is 25.2 Å². The fraction of sp³-hybridized carbons (Fsp3) is 0.188. The summed E-state index contributed by atoms with van der Waals surface area (Å²) in [6.45, 7) is 0.237. The molecule has 110 valence electrons. The molecule has 0 fully saturated rings. The number of rotatable bonds is 5. The van der Waals surface area contributed by atoms with Gasteiger partial charge in [-0.05, 0) is 18.2 Å². The van der Waals surface area contributed by atoms with Crippen LogP contribution < -0.4 is 14.8 Å². The van der Waals surface area contributed by atoms with E-state index in [1.54, 1.807) is 49.6 Å². The number of nitrogens with one attached hydrogen (secondary N) is 1. The lowest BCUT2D eigenvalue weighted by Crippen LogP contribution is -2.23. The molecule has 0 spiro atoms. The smallest absolute Gasteiger partial charge is 0.255 e. The summed E-state index contributed by atoms with van der Waals surface area (Å²) in [6.07, 6.45) is 0. The van der Waals surface area contributed by atoms with Crippen molar-refractivity contribution >= 4 is 5.91 Å². The van der Waals surface area contributed by atoms with Crippen LogP contribution in [0.4, 0.5) is 0 Å². The molecule has 0 aromatic heterocycles. The molecule has 0 atom stereocenters. The minimum Gasteiger partial charge on any atom is -0.508 e. The fourth-order valence-corrected chi connectivity index (χ4v) is 1.92. The second-order valence-corrected chi connectivity index (χ2v) is 4.38. The minimum absolute atomic E-state index is 0.152. The predicted molar refractivity (Wildman–Crippen MR) is 78.8 cm³/mol. The topological polar surface area (TPSA) is 67.8 Å². The fourth-order valence-electron chi connectivity index (χ4n) is 1.92. The predicted octanol–water partition coefficient (Wildman–Crippen LogP) is 2.34. The Balaban J connectivity index is 2.12. The van der Waals surface area contributed by atoms with Gasteiger partial charge in [0.1, 0.15) is 17.2 Å². The zero-order valence-electron chi connectivity index (χ0n) is 11.9. The van der Waals surface area contributed by atoms with Crippen LogP contribution in [0.25, 0.3) is 0 Å². The highest BCUT2D eigenvalue weighted by molar-refractivity contribution is 5.97. The molecule has 2 N–H and O–H groups in total. The van der Waals surface area contributed by atoms with E-state index in [9.17, 15) is 9.90 Å². The quantitative estimate of drug-likeness (QED) is 0.885. The number of benzene rings is 2. The number of ether oxygens (including phenoxy) is 2. The van der Waals surface area contributed by atoms with E-state index in [1.165, 1.54) is 7.11 Å². The maximum Gasteiger partial charge on any atom is 0.255 e. The number of carbonyl (C=O) groups excluding carboxylic acids is 1. The molecule has 1 amide bonds. The van der Waals surface area contributed by atoms with Gasteiger partial charge in [-0.3, -0.25) is 4.79 Å². The molecule has 0 heterocycles. The maximum absolute atomic E-state index is 12.2. The van der Waals surface area contributed by atoms with Gasteiger partial charge >= 0.3 is 0 Å². The molecule has 0 unspecified atom stereocenters. The molecule has 0 aliphatic heterocycles. The van der Waals surface area contributed by atoms with Crippen molar-refractivity contribution in [2.75, 3.05) is 14.2 Å². The van der Waals surface area contributed by atoms with Gasteiger partial charge in [0.15, 0.2) is 0 Å². The Labute approximate surface area is 123 Å². The normalized spacial score (nSPS) is 10.0. The summed E-state index contributed by atoms with van der Waals surface area (Å²) in [4.78, 5) is 12.2. The Bertz CT molecular complexity index is 640. The first-order valence-corrected chi connectivity index (χ1v) is 6.42. The summed E-state index contributed by atoms with van der Waals surface area (Å²) < 4.78 is 10.3. The highest BCUT2D eigenvalue weighted by Gasteiger charge is 2.13. The van der Waals surface area contributed by atoms with E-state index >= 15 is 0 Å². The molecular formula is C16H17NO4. The first-order valence-electron chi connectivity index (χ1n) is 6.42. The number of hydrogen-bond donors (Lipinski definition) is 2. The Hall–Kier alpha value is -2.69. The van der Waals surface area contributed by atoms with Crippen LogP contribution in [-0.2, 0) is 6.54 Å². The van der Waals surface area contributed by atoms with Gasteiger partial charge in [-0.25, -0.2) is 0 Å². The summed E-state index contributed by atoms with van der Waals surface area (Å²) in [5.74, 6) is 0.922. The molecule has 5 nitrogen and oxygen atoms in total. The molecular weight excluding hydrogens is 270 g/mol. The zero-order chi connectivity index (χ0) is 15.2. The first-order chi connectivity index (χ1) is 10.2. The van der Waals surface area contributed by atoms with Crippen LogP contribution in [0.5, 0.6) is 17.2 Å². The van der Waals surface area contributed by atoms with Crippen molar-refractivity contribution < 1.29 is 19.4 Å². The number of phenolic OH excluding ortho intramolecular Hbond substituents is 1. The highest BCUT2D eigenvalue weighted by Crippen LogP contribution is 2.24. The molecule has 0 aliphatic carbocycles. The second-order valence-electron chi connectivity index (χ2n) is 4.38. The first kappa shape index (κ1) is 14.7. The van der Waals surface area contributed by atoms with Gasteiger partial charge < -0.3 is 19.9 Å². The van der Waals surface area contributed by atoms with Crippen molar-refractivity contribution in [3.8, 4) is 17.2 Å². The number of amides is 1. The van der Waals surface area contributed by atoms with Gasteiger partial charge in [0.2, 0.25) is 0 Å². The van der Waals surface area contributed by atoms with Crippen LogP contribution in [0.2, 0.25) is 0 Å². The number of aromatic hydroxyl groups is 1. The molecule has 0 radical (unpaired) electrons. The third-order valence-corrected chi connectivity index (χ3v) is 3.08. The van der Waals surface area contributed by atoms with Crippen molar-refractivity contribution in [1.29, 1.82) is 0 Å². The van der Waals surface area contributed by atoms with E-state index in [0.717, 1.165) is 0 Å². The Morgan fingerprint density at radius 3 is 2.57 bits per heavy atom. The summed E-state index contributed by atoms with van der Waals surface area (Å²) in [5, 5.41) is 12.4. The van der Waals surface area contributed by atoms with E-state index in [2.05, 4.69) is 5.32 Å². The zero-order valence-corrected chi connectivity index (χ0v) is 11.9. The summed E-state index contributed by atoms with van der Waals surface area (Å²) in [6, 6.07) is 11.8. The van der Waals surface area contributed by atoms with Crippen molar-refractivity contribution in [1.82, 2.24) is 5.32 Å². The molecule has 0 saturated heterocycles. The van der Waals surface area contributed by atoms with Gasteiger partial charge in [0, 0.05) is 18.2 Å². The average molecular weight is 287 g/mol. The number of para-hydroxylation sites is 1. The van der Waals surface area contributed by atoms with Crippen molar-refractivity contribution in [2.45, 2.75) is 6.54 Å². The molecule has 2 aromatic rings. The molecule has 0 bridgehead atoms. The lowest BCUT2D eigenvalue weighted by Gasteiger charge is -2.11. The Morgan fingerprint density at radius 2 is 1.90 bits per heavy atom. The summed E-state index contributed by atoms with van der Waals surface area (Å²) >= 11 is 0. The summed E-state index contributed by atoms with van der Waals surface area (Å²) in [5.41, 5.74) is 1.06. The van der Waals surface area contributed by atoms with E-state index in [-0.39, 0.29) is 18.2 Å². The minimum atomic E-state index is -0.280. The molecule has 0 aliphatic rings. The average Bonchev–Trinajstić information content (AvgIpc) is 2.53. The lowest BCUT2D eigenvalue weighted by molar-refractivity contribution is 0.0947. The Morgan fingerprint density at radius 1 is 1.14 bits per heavy atom. The number of hydrogen-bond acceptors (Lipinski definition) is 4. The molecule has 2 rings (SSSR count). The van der Waals surface area contributed by atoms with Gasteiger partial charge in [-0.2, -0.15) is 0 Å². The monoisotopic (exact) mass is 287 g/mol. The lowest BCUT2D eigenvalue weighted by atomic mass is 10.1. The molecule has 0 saturated carbocycles. The largest absolute Gasteiger partial charge is 0.508 e. The van der Waals surface area contributed by atoms with Crippen molar-refractivity contribution in [2.24, 2.45) is 0 Å². The number of phenols is 1. The third kappa shape index (κ3) is 3.45. The van der Waals surface area contributed by atoms with Gasteiger partial charge in [0.25, 0.3) is 5.91 Å². The van der Waals surface area contributed by atoms with Crippen molar-refractivity contribution in [3.05, 3.63) is 53.6 Å². The maximum atomic E-state index is 12.2. The SMILES string of the molecule is COc1ccc(C(=O)NCc2ccccc2O)c(OC)c1. The van der Waals surface area contributed by atoms with Crippen LogP contribution in [0.3, 0.4) is 0 Å². The van der Waals surface area contributed by atoms with Gasteiger partial charge in [-0.15, -0.1) is 0 Å². The number of methoxy groups -OCH3 is 2. The Kier molecular flexibility index (Phi) is 4.66. The van der Waals surface area contributed by atoms with E-state index in [0.29, 0.717) is 22.6 Å². The van der Waals surface area contributed by atoms with Crippen LogP contribution in [0, 0.1) is 0 Å². The van der Waals surface area contributed by atoms with Gasteiger partial charge in [0.05, 0.1) is 19.8 Å². The molecule has 5 heteroatoms. The molecule has 2 aromatic carbocycles. The third-order valence-electron chi connectivity index (χ3n) is 3.08. The van der Waals surface area contributed by atoms with Crippen LogP contribution in [0.1, 0.15) is 15.9 Å². The summed E-state index contributed by atoms with van der Waals surface area (Å²) in [7, 11) is 3.04. The van der Waals surface area contributed by atoms with Gasteiger partial charge in [-0.1, -0.05) is 18.2 Å². The van der Waals surface area contributed by atoms with E-state index < -0.39 is 0 Å². The second kappa shape index (κ2) is 6.65. The van der Waals surface area contributed by atoms with Crippen molar-refractivity contribution in [3.63, 3.8) is 0 Å². The standard InChI is InChI=1S/C16H17NO4/c1-20-12-7-8-13(15(9-12)21-2)16(19)17-10-11-5-3-4-6-14(11)18/h3-9,18H,10H2,1-2H3,(H,17,19). The van der Waals surface area contributed by atoms with Crippen LogP contribution >= 0.6 is 0 Å². The highest BCUT2D eigenvalue weighted by atomic mass is 16.5. The molecule has 21 heavy (non-hydrogen) atoms.